The van der Waals surface area contributed by atoms with Gasteiger partial charge in [0.2, 0.25) is 0 Å². The molecule has 0 unspecified atom stereocenters. The van der Waals surface area contributed by atoms with E-state index in [1.807, 2.05) is 0 Å². The summed E-state index contributed by atoms with van der Waals surface area (Å²) < 4.78 is 30.0. The maximum absolute atomic E-state index is 11.2. The zero-order valence-corrected chi connectivity index (χ0v) is 11.3. The highest BCUT2D eigenvalue weighted by molar-refractivity contribution is 5.73. The van der Waals surface area contributed by atoms with Crippen LogP contribution >= 0.6 is 0 Å². The zero-order chi connectivity index (χ0) is 14.5. The van der Waals surface area contributed by atoms with Crippen LogP contribution in [0, 0.1) is 0 Å². The van der Waals surface area contributed by atoms with Crippen molar-refractivity contribution in [2.24, 2.45) is 0 Å². The lowest BCUT2D eigenvalue weighted by atomic mass is 10.5. The first-order chi connectivity index (χ1) is 9.79. The maximum Gasteiger partial charge on any atom is 0.332 e. The van der Waals surface area contributed by atoms with E-state index in [2.05, 4.69) is 0 Å². The first-order valence-corrected chi connectivity index (χ1v) is 6.41. The van der Waals surface area contributed by atoms with E-state index in [9.17, 15) is 9.59 Å². The molecular formula is C12H20O8. The van der Waals surface area contributed by atoms with E-state index in [0.29, 0.717) is 26.2 Å². The van der Waals surface area contributed by atoms with Gasteiger partial charge in [0.05, 0.1) is 33.0 Å². The van der Waals surface area contributed by atoms with E-state index in [1.54, 1.807) is 0 Å². The van der Waals surface area contributed by atoms with E-state index < -0.39 is 11.9 Å². The molecule has 0 atom stereocenters. The van der Waals surface area contributed by atoms with E-state index in [1.165, 1.54) is 0 Å². The Morgan fingerprint density at radius 3 is 2.00 bits per heavy atom. The lowest BCUT2D eigenvalue weighted by Crippen LogP contribution is -2.21. The van der Waals surface area contributed by atoms with Crippen LogP contribution in [0.25, 0.3) is 0 Å². The molecule has 0 aliphatic carbocycles. The average molecular weight is 292 g/mol. The van der Waals surface area contributed by atoms with Gasteiger partial charge in [0.25, 0.3) is 0 Å². The molecule has 1 rings (SSSR count). The molecule has 0 aromatic heterocycles. The van der Waals surface area contributed by atoms with Crippen LogP contribution in [0.15, 0.2) is 0 Å². The highest BCUT2D eigenvalue weighted by Gasteiger charge is 2.07. The Balaban J connectivity index is 2.20. The van der Waals surface area contributed by atoms with Crippen LogP contribution in [0.2, 0.25) is 0 Å². The minimum absolute atomic E-state index is 0.128. The maximum atomic E-state index is 11.2. The number of ether oxygens (including phenoxy) is 6. The monoisotopic (exact) mass is 292 g/mol. The molecule has 8 heteroatoms. The number of esters is 2. The Bertz CT molecular complexity index is 255. The van der Waals surface area contributed by atoms with Crippen LogP contribution in [0.4, 0.5) is 0 Å². The predicted molar refractivity (Wildman–Crippen MR) is 64.9 cm³/mol. The fraction of sp³-hybridized carbons (Fsp3) is 0.833. The molecule has 0 bridgehead atoms. The minimum atomic E-state index is -0.549. The van der Waals surface area contributed by atoms with Crippen LogP contribution in [0.5, 0.6) is 0 Å². The molecule has 1 aliphatic heterocycles. The molecule has 8 nitrogen and oxygen atoms in total. The zero-order valence-electron chi connectivity index (χ0n) is 11.3. The fourth-order valence-corrected chi connectivity index (χ4v) is 1.26. The van der Waals surface area contributed by atoms with Crippen LogP contribution in [0.1, 0.15) is 6.42 Å². The van der Waals surface area contributed by atoms with Crippen LogP contribution < -0.4 is 0 Å². The summed E-state index contributed by atoms with van der Waals surface area (Å²) >= 11 is 0. The molecule has 0 aromatic carbocycles. The second-order valence-electron chi connectivity index (χ2n) is 3.83. The normalized spacial score (nSPS) is 22.2. The second kappa shape index (κ2) is 11.6. The number of rotatable bonds is 0. The topological polar surface area (TPSA) is 89.5 Å². The molecular weight excluding hydrogens is 272 g/mol. The lowest BCUT2D eigenvalue weighted by Gasteiger charge is -2.09. The summed E-state index contributed by atoms with van der Waals surface area (Å²) in [6.07, 6.45) is 0.563. The number of hydrogen-bond acceptors (Lipinski definition) is 8. The molecule has 116 valence electrons. The average Bonchev–Trinajstić information content (AvgIpc) is 2.43. The van der Waals surface area contributed by atoms with Crippen molar-refractivity contribution < 1.29 is 38.0 Å². The third-order valence-electron chi connectivity index (χ3n) is 2.17. The fourth-order valence-electron chi connectivity index (χ4n) is 1.26. The van der Waals surface area contributed by atoms with Crippen LogP contribution in [-0.2, 0) is 38.0 Å². The van der Waals surface area contributed by atoms with Gasteiger partial charge in [-0.1, -0.05) is 0 Å². The van der Waals surface area contributed by atoms with Gasteiger partial charge in [-0.25, -0.2) is 9.59 Å². The molecule has 1 aliphatic rings. The summed E-state index contributed by atoms with van der Waals surface area (Å²) in [6, 6.07) is 0. The van der Waals surface area contributed by atoms with Crippen molar-refractivity contribution in [3.8, 4) is 0 Å². The van der Waals surface area contributed by atoms with Crippen molar-refractivity contribution >= 4 is 11.9 Å². The molecule has 1 saturated heterocycles. The third kappa shape index (κ3) is 9.68. The molecule has 0 N–H and O–H groups in total. The quantitative estimate of drug-likeness (QED) is 0.552. The molecule has 20 heavy (non-hydrogen) atoms. The third-order valence-corrected chi connectivity index (χ3v) is 2.17. The van der Waals surface area contributed by atoms with E-state index in [0.717, 1.165) is 0 Å². The van der Waals surface area contributed by atoms with Crippen molar-refractivity contribution in [1.82, 2.24) is 0 Å². The smallest absolute Gasteiger partial charge is 0.332 e. The minimum Gasteiger partial charge on any atom is -0.464 e. The number of carbonyl (C=O) groups excluding carboxylic acids is 2. The van der Waals surface area contributed by atoms with Crippen LogP contribution in [-0.4, -0.2) is 71.6 Å². The van der Waals surface area contributed by atoms with Gasteiger partial charge in [-0.3, -0.25) is 0 Å². The predicted octanol–water partition coefficient (Wildman–Crippen LogP) is -0.500. The Morgan fingerprint density at radius 2 is 1.20 bits per heavy atom. The molecule has 1 fully saturated rings. The van der Waals surface area contributed by atoms with E-state index in [-0.39, 0.29) is 39.8 Å². The molecule has 0 radical (unpaired) electrons. The molecule has 0 saturated carbocycles. The molecule has 1 heterocycles. The molecule has 0 aromatic rings. The van der Waals surface area contributed by atoms with Crippen molar-refractivity contribution in [3.63, 3.8) is 0 Å². The van der Waals surface area contributed by atoms with Gasteiger partial charge in [0.1, 0.15) is 26.6 Å². The Hall–Kier alpha value is -1.22. The lowest BCUT2D eigenvalue weighted by molar-refractivity contribution is -0.157. The van der Waals surface area contributed by atoms with Gasteiger partial charge < -0.3 is 28.4 Å². The standard InChI is InChI=1S/C12H20O8/c13-11-8-18-9-12(14)20-7-6-15-4-5-17-10-16-2-1-3-19-11/h1-10H2. The highest BCUT2D eigenvalue weighted by Crippen LogP contribution is 1.91. The Labute approximate surface area is 117 Å². The summed E-state index contributed by atoms with van der Waals surface area (Å²) in [5.74, 6) is -1.08. The first-order valence-electron chi connectivity index (χ1n) is 6.41. The van der Waals surface area contributed by atoms with Gasteiger partial charge >= 0.3 is 11.9 Å². The van der Waals surface area contributed by atoms with Crippen molar-refractivity contribution in [2.45, 2.75) is 6.42 Å². The SMILES string of the molecule is O=C1COCC(=O)OCCOCCOCOCCCO1. The summed E-state index contributed by atoms with van der Waals surface area (Å²) in [5, 5.41) is 0. The van der Waals surface area contributed by atoms with E-state index in [4.69, 9.17) is 28.4 Å². The van der Waals surface area contributed by atoms with E-state index >= 15 is 0 Å². The molecule has 0 amide bonds. The number of carbonyl (C=O) groups is 2. The Kier molecular flexibility index (Phi) is 9.76. The Morgan fingerprint density at radius 1 is 0.600 bits per heavy atom. The number of cyclic esters (lactones) is 2. The summed E-state index contributed by atoms with van der Waals surface area (Å²) in [5.41, 5.74) is 0. The molecule has 0 spiro atoms. The van der Waals surface area contributed by atoms with Gasteiger partial charge in [-0.05, 0) is 0 Å². The van der Waals surface area contributed by atoms with Crippen molar-refractivity contribution in [1.29, 1.82) is 0 Å². The summed E-state index contributed by atoms with van der Waals surface area (Å²) in [4.78, 5) is 22.4. The number of hydrogen-bond donors (Lipinski definition) is 0. The van der Waals surface area contributed by atoms with Gasteiger partial charge in [0.15, 0.2) is 0 Å². The first kappa shape index (κ1) is 16.8. The summed E-state index contributed by atoms with van der Waals surface area (Å²) in [7, 11) is 0. The van der Waals surface area contributed by atoms with Gasteiger partial charge in [-0.15, -0.1) is 0 Å². The van der Waals surface area contributed by atoms with Crippen molar-refractivity contribution in [2.75, 3.05) is 59.6 Å². The van der Waals surface area contributed by atoms with Gasteiger partial charge in [0, 0.05) is 6.42 Å². The highest BCUT2D eigenvalue weighted by atomic mass is 16.7. The van der Waals surface area contributed by atoms with Gasteiger partial charge in [-0.2, -0.15) is 0 Å². The van der Waals surface area contributed by atoms with Crippen LogP contribution in [0.3, 0.4) is 0 Å². The van der Waals surface area contributed by atoms with Crippen molar-refractivity contribution in [3.05, 3.63) is 0 Å². The second-order valence-corrected chi connectivity index (χ2v) is 3.83. The largest absolute Gasteiger partial charge is 0.464 e. The summed E-state index contributed by atoms with van der Waals surface area (Å²) in [6.45, 7) is 1.45.